The van der Waals surface area contributed by atoms with E-state index < -0.39 is 6.09 Å². The van der Waals surface area contributed by atoms with E-state index in [0.29, 0.717) is 17.2 Å². The quantitative estimate of drug-likeness (QED) is 0.787. The van der Waals surface area contributed by atoms with E-state index in [-0.39, 0.29) is 6.79 Å². The minimum atomic E-state index is -1.16. The molecule has 0 spiro atoms. The second-order valence-corrected chi connectivity index (χ2v) is 3.27. The van der Waals surface area contributed by atoms with Crippen LogP contribution >= 0.6 is 0 Å². The smallest absolute Gasteiger partial charge is 0.409 e. The molecule has 1 aliphatic heterocycles. The number of fused-ring (bicyclic) bond motifs is 1. The molecule has 0 saturated heterocycles. The van der Waals surface area contributed by atoms with Crippen LogP contribution in [0.15, 0.2) is 18.4 Å². The molecular weight excluding hydrogens is 226 g/mol. The first-order chi connectivity index (χ1) is 8.20. The van der Waals surface area contributed by atoms with E-state index in [9.17, 15) is 4.79 Å². The molecule has 17 heavy (non-hydrogen) atoms. The molecule has 2 rings (SSSR count). The van der Waals surface area contributed by atoms with Gasteiger partial charge in [-0.3, -0.25) is 5.32 Å². The van der Waals surface area contributed by atoms with Crippen molar-refractivity contribution in [3.05, 3.63) is 24.0 Å². The summed E-state index contributed by atoms with van der Waals surface area (Å²) in [6, 6.07) is 3.38. The van der Waals surface area contributed by atoms with Gasteiger partial charge in [-0.15, -0.1) is 0 Å². The number of methoxy groups -OCH3 is 1. The molecule has 2 N–H and O–H groups in total. The zero-order chi connectivity index (χ0) is 12.3. The van der Waals surface area contributed by atoms with Gasteiger partial charge in [-0.1, -0.05) is 0 Å². The van der Waals surface area contributed by atoms with Crippen LogP contribution in [0.5, 0.6) is 11.5 Å². The normalized spacial score (nSPS) is 12.8. The van der Waals surface area contributed by atoms with Crippen LogP contribution in [-0.2, 0) is 4.74 Å². The van der Waals surface area contributed by atoms with Gasteiger partial charge in [-0.05, 0) is 23.8 Å². The van der Waals surface area contributed by atoms with Crippen LogP contribution in [-0.4, -0.2) is 25.1 Å². The lowest BCUT2D eigenvalue weighted by atomic mass is 10.1. The Hall–Kier alpha value is -2.37. The Kier molecular flexibility index (Phi) is 3.04. The molecule has 6 heteroatoms. The summed E-state index contributed by atoms with van der Waals surface area (Å²) in [7, 11) is 1.53. The average molecular weight is 237 g/mol. The predicted octanol–water partition coefficient (Wildman–Crippen LogP) is 2.12. The monoisotopic (exact) mass is 237 g/mol. The summed E-state index contributed by atoms with van der Waals surface area (Å²) in [6.45, 7) is 0.0844. The molecule has 0 atom stereocenters. The number of anilines is 1. The van der Waals surface area contributed by atoms with Crippen LogP contribution in [0, 0.1) is 0 Å². The van der Waals surface area contributed by atoms with Gasteiger partial charge >= 0.3 is 6.09 Å². The van der Waals surface area contributed by atoms with E-state index in [4.69, 9.17) is 19.3 Å². The summed E-state index contributed by atoms with van der Waals surface area (Å²) in [4.78, 5) is 10.6. The fraction of sp³-hybridized carbons (Fsp3) is 0.182. The van der Waals surface area contributed by atoms with Gasteiger partial charge in [0.2, 0.25) is 6.79 Å². The summed E-state index contributed by atoms with van der Waals surface area (Å²) in [5.74, 6) is 0.911. The standard InChI is InChI=1S/C11H11NO5/c1-15-3-2-7-4-8(12-11(13)14)10-9(5-7)16-6-17-10/h2-5,12H,6H2,1H3,(H,13,14). The molecule has 1 aromatic rings. The minimum Gasteiger partial charge on any atom is -0.504 e. The number of hydrogen-bond donors (Lipinski definition) is 2. The molecule has 1 aromatic carbocycles. The Morgan fingerprint density at radius 2 is 2.35 bits per heavy atom. The van der Waals surface area contributed by atoms with Crippen LogP contribution in [0.4, 0.5) is 10.5 Å². The summed E-state index contributed by atoms with van der Waals surface area (Å²) < 4.78 is 15.2. The molecule has 1 amide bonds. The SMILES string of the molecule is COC=Cc1cc(NC(=O)O)c2c(c1)OCO2. The van der Waals surface area contributed by atoms with Crippen molar-refractivity contribution in [2.24, 2.45) is 0 Å². The number of hydrogen-bond acceptors (Lipinski definition) is 4. The zero-order valence-corrected chi connectivity index (χ0v) is 9.10. The molecular formula is C11H11NO5. The third-order valence-corrected chi connectivity index (χ3v) is 2.13. The summed E-state index contributed by atoms with van der Waals surface area (Å²) in [5, 5.41) is 11.0. The van der Waals surface area contributed by atoms with Gasteiger partial charge in [-0.2, -0.15) is 0 Å². The van der Waals surface area contributed by atoms with Crippen molar-refractivity contribution in [3.63, 3.8) is 0 Å². The molecule has 6 nitrogen and oxygen atoms in total. The van der Waals surface area contributed by atoms with Crippen LogP contribution in [0.25, 0.3) is 6.08 Å². The van der Waals surface area contributed by atoms with E-state index in [1.807, 2.05) is 0 Å². The molecule has 0 bridgehead atoms. The van der Waals surface area contributed by atoms with E-state index in [1.165, 1.54) is 13.4 Å². The second-order valence-electron chi connectivity index (χ2n) is 3.27. The van der Waals surface area contributed by atoms with Gasteiger partial charge in [0.15, 0.2) is 11.5 Å². The largest absolute Gasteiger partial charge is 0.504 e. The maximum Gasteiger partial charge on any atom is 0.409 e. The molecule has 0 aliphatic carbocycles. The van der Waals surface area contributed by atoms with Crippen LogP contribution in [0.1, 0.15) is 5.56 Å². The summed E-state index contributed by atoms with van der Waals surface area (Å²) in [5.41, 5.74) is 1.10. The van der Waals surface area contributed by atoms with Crippen molar-refractivity contribution >= 4 is 17.9 Å². The van der Waals surface area contributed by atoms with Crippen molar-refractivity contribution in [1.29, 1.82) is 0 Å². The van der Waals surface area contributed by atoms with Crippen molar-refractivity contribution in [1.82, 2.24) is 0 Å². The highest BCUT2D eigenvalue weighted by atomic mass is 16.7. The highest BCUT2D eigenvalue weighted by Crippen LogP contribution is 2.40. The lowest BCUT2D eigenvalue weighted by Crippen LogP contribution is -2.08. The number of nitrogens with one attached hydrogen (secondary N) is 1. The van der Waals surface area contributed by atoms with Crippen LogP contribution < -0.4 is 14.8 Å². The minimum absolute atomic E-state index is 0.0844. The Bertz CT molecular complexity index is 469. The third-order valence-electron chi connectivity index (χ3n) is 2.13. The first kappa shape index (κ1) is 11.1. The van der Waals surface area contributed by atoms with Crippen LogP contribution in [0.2, 0.25) is 0 Å². The number of rotatable bonds is 3. The number of carbonyl (C=O) groups is 1. The number of amides is 1. The second kappa shape index (κ2) is 4.65. The topological polar surface area (TPSA) is 77.0 Å². The van der Waals surface area contributed by atoms with E-state index in [2.05, 4.69) is 5.32 Å². The molecule has 0 saturated carbocycles. The van der Waals surface area contributed by atoms with Crippen molar-refractivity contribution < 1.29 is 24.1 Å². The van der Waals surface area contributed by atoms with Gasteiger partial charge in [0.1, 0.15) is 0 Å². The summed E-state index contributed by atoms with van der Waals surface area (Å²) in [6.07, 6.45) is 2.02. The highest BCUT2D eigenvalue weighted by Gasteiger charge is 2.19. The van der Waals surface area contributed by atoms with E-state index in [1.54, 1.807) is 18.2 Å². The Balaban J connectivity index is 2.38. The highest BCUT2D eigenvalue weighted by molar-refractivity contribution is 5.87. The molecule has 0 unspecified atom stereocenters. The zero-order valence-electron chi connectivity index (χ0n) is 9.10. The van der Waals surface area contributed by atoms with Crippen molar-refractivity contribution in [2.45, 2.75) is 0 Å². The molecule has 0 aromatic heterocycles. The predicted molar refractivity (Wildman–Crippen MR) is 60.3 cm³/mol. The van der Waals surface area contributed by atoms with Gasteiger partial charge in [0, 0.05) is 0 Å². The Morgan fingerprint density at radius 3 is 3.06 bits per heavy atom. The van der Waals surface area contributed by atoms with Crippen molar-refractivity contribution in [2.75, 3.05) is 19.2 Å². The molecule has 1 heterocycles. The summed E-state index contributed by atoms with van der Waals surface area (Å²) >= 11 is 0. The molecule has 0 fully saturated rings. The van der Waals surface area contributed by atoms with E-state index >= 15 is 0 Å². The lowest BCUT2D eigenvalue weighted by molar-refractivity contribution is 0.174. The number of ether oxygens (including phenoxy) is 3. The van der Waals surface area contributed by atoms with Gasteiger partial charge in [0.25, 0.3) is 0 Å². The molecule has 90 valence electrons. The lowest BCUT2D eigenvalue weighted by Gasteiger charge is -2.06. The number of carboxylic acid groups (broad SMARTS) is 1. The molecule has 1 aliphatic rings. The maximum atomic E-state index is 10.6. The van der Waals surface area contributed by atoms with Gasteiger partial charge in [0.05, 0.1) is 19.1 Å². The maximum absolute atomic E-state index is 10.6. The van der Waals surface area contributed by atoms with Crippen LogP contribution in [0.3, 0.4) is 0 Å². The van der Waals surface area contributed by atoms with Gasteiger partial charge < -0.3 is 19.3 Å². The molecule has 0 radical (unpaired) electrons. The third kappa shape index (κ3) is 2.41. The van der Waals surface area contributed by atoms with Crippen molar-refractivity contribution in [3.8, 4) is 11.5 Å². The van der Waals surface area contributed by atoms with E-state index in [0.717, 1.165) is 5.56 Å². The Morgan fingerprint density at radius 1 is 1.53 bits per heavy atom. The first-order valence-corrected chi connectivity index (χ1v) is 4.83. The van der Waals surface area contributed by atoms with Gasteiger partial charge in [-0.25, -0.2) is 4.79 Å². The average Bonchev–Trinajstić information content (AvgIpc) is 2.73. The Labute approximate surface area is 97.4 Å². The fourth-order valence-electron chi connectivity index (χ4n) is 1.48. The first-order valence-electron chi connectivity index (χ1n) is 4.83. The number of benzene rings is 1. The fourth-order valence-corrected chi connectivity index (χ4v) is 1.48.